The monoisotopic (exact) mass is 701 g/mol. The summed E-state index contributed by atoms with van der Waals surface area (Å²) in [5.41, 5.74) is 15.9. The normalized spacial score (nSPS) is 11.5. The predicted molar refractivity (Wildman–Crippen MR) is 236 cm³/mol. The van der Waals surface area contributed by atoms with E-state index in [1.165, 1.54) is 98.7 Å². The Bertz CT molecular complexity index is 3050. The average Bonchev–Trinajstić information content (AvgIpc) is 3.22. The molecule has 1 nitrogen and oxygen atoms in total. The van der Waals surface area contributed by atoms with Crippen LogP contribution in [-0.2, 0) is 0 Å². The zero-order valence-corrected chi connectivity index (χ0v) is 31.3. The summed E-state index contributed by atoms with van der Waals surface area (Å²) < 4.78 is 0. The van der Waals surface area contributed by atoms with E-state index in [1.807, 2.05) is 6.20 Å². The summed E-state index contributed by atoms with van der Waals surface area (Å²) >= 11 is 0. The Morgan fingerprint density at radius 1 is 0.327 bits per heavy atom. The van der Waals surface area contributed by atoms with Crippen LogP contribution in [0.3, 0.4) is 0 Å². The quantitative estimate of drug-likeness (QED) is 0.163. The fourth-order valence-corrected chi connectivity index (χ4v) is 9.05. The number of rotatable bonds is 5. The average molecular weight is 702 g/mol. The van der Waals surface area contributed by atoms with Gasteiger partial charge < -0.3 is 0 Å². The first kappa shape index (κ1) is 32.8. The summed E-state index contributed by atoms with van der Waals surface area (Å²) in [6.45, 7) is 6.67. The van der Waals surface area contributed by atoms with Crippen LogP contribution in [0.15, 0.2) is 182 Å². The van der Waals surface area contributed by atoms with Crippen molar-refractivity contribution in [3.63, 3.8) is 0 Å². The number of aromatic nitrogens is 1. The zero-order chi connectivity index (χ0) is 37.0. The van der Waals surface area contributed by atoms with Crippen LogP contribution in [-0.4, -0.2) is 4.98 Å². The molecule has 0 saturated heterocycles. The van der Waals surface area contributed by atoms with E-state index in [0.717, 1.165) is 16.8 Å². The lowest BCUT2D eigenvalue weighted by molar-refractivity contribution is 1.32. The first-order valence-corrected chi connectivity index (χ1v) is 19.1. The van der Waals surface area contributed by atoms with E-state index in [0.29, 0.717) is 0 Å². The van der Waals surface area contributed by atoms with Gasteiger partial charge in [-0.2, -0.15) is 0 Å². The van der Waals surface area contributed by atoms with Gasteiger partial charge in [-0.25, -0.2) is 0 Å². The minimum absolute atomic E-state index is 0.972. The molecule has 0 aliphatic carbocycles. The highest BCUT2D eigenvalue weighted by Crippen LogP contribution is 2.47. The molecule has 0 N–H and O–H groups in total. The first-order valence-electron chi connectivity index (χ1n) is 19.1. The van der Waals surface area contributed by atoms with Gasteiger partial charge >= 0.3 is 0 Å². The maximum atomic E-state index is 4.80. The Kier molecular flexibility index (Phi) is 7.89. The Morgan fingerprint density at radius 2 is 0.855 bits per heavy atom. The minimum atomic E-state index is 0.972. The van der Waals surface area contributed by atoms with Crippen molar-refractivity contribution in [2.75, 3.05) is 0 Å². The molecule has 0 bridgehead atoms. The van der Waals surface area contributed by atoms with E-state index >= 15 is 0 Å². The lowest BCUT2D eigenvalue weighted by Gasteiger charge is -2.20. The van der Waals surface area contributed by atoms with E-state index in [4.69, 9.17) is 4.98 Å². The number of hydrogen-bond donors (Lipinski definition) is 0. The lowest BCUT2D eigenvalue weighted by atomic mass is 9.83. The van der Waals surface area contributed by atoms with E-state index in [-0.39, 0.29) is 0 Å². The standard InChI is InChI=1S/C54H39N/c1-34-29-35(2)52(36(3)30-34)45-23-11-22-44-43(45)21-12-24-46(44)54-49-19-8-6-17-47(49)53(48-18-7-9-20-50(48)54)42-16-10-15-39(32-42)40-27-28-55-51(33-40)41-26-25-37-13-4-5-14-38(37)31-41/h4-33H,1-3H3. The molecule has 1 aromatic heterocycles. The summed E-state index contributed by atoms with van der Waals surface area (Å²) in [4.78, 5) is 4.80. The molecule has 0 amide bonds. The Morgan fingerprint density at radius 3 is 1.53 bits per heavy atom. The van der Waals surface area contributed by atoms with Gasteiger partial charge in [-0.3, -0.25) is 4.98 Å². The zero-order valence-electron chi connectivity index (χ0n) is 31.3. The molecule has 0 radical (unpaired) electrons. The Hall–Kier alpha value is -6.83. The molecule has 10 aromatic rings. The molecule has 260 valence electrons. The van der Waals surface area contributed by atoms with Gasteiger partial charge in [0.25, 0.3) is 0 Å². The third-order valence-electron chi connectivity index (χ3n) is 11.4. The molecule has 0 spiro atoms. The van der Waals surface area contributed by atoms with Crippen molar-refractivity contribution in [2.24, 2.45) is 0 Å². The maximum absolute atomic E-state index is 4.80. The van der Waals surface area contributed by atoms with Crippen molar-refractivity contribution < 1.29 is 0 Å². The summed E-state index contributed by atoms with van der Waals surface area (Å²) in [5, 5.41) is 10.0. The Balaban J connectivity index is 1.15. The first-order chi connectivity index (χ1) is 27.0. The highest BCUT2D eigenvalue weighted by Gasteiger charge is 2.19. The smallest absolute Gasteiger partial charge is 0.0708 e. The Labute approximate surface area is 322 Å². The van der Waals surface area contributed by atoms with Crippen molar-refractivity contribution >= 4 is 43.1 Å². The fraction of sp³-hybridized carbons (Fsp3) is 0.0556. The molecule has 0 saturated carbocycles. The van der Waals surface area contributed by atoms with Crippen molar-refractivity contribution in [3.8, 4) is 55.8 Å². The molecule has 0 unspecified atom stereocenters. The molecule has 0 atom stereocenters. The molecule has 55 heavy (non-hydrogen) atoms. The van der Waals surface area contributed by atoms with E-state index in [1.54, 1.807) is 0 Å². The largest absolute Gasteiger partial charge is 0.256 e. The maximum Gasteiger partial charge on any atom is 0.0708 e. The van der Waals surface area contributed by atoms with Crippen LogP contribution in [0.5, 0.6) is 0 Å². The van der Waals surface area contributed by atoms with Gasteiger partial charge in [0.1, 0.15) is 0 Å². The molecule has 1 heterocycles. The lowest BCUT2D eigenvalue weighted by Crippen LogP contribution is -1.94. The van der Waals surface area contributed by atoms with Crippen molar-refractivity contribution in [1.29, 1.82) is 0 Å². The molecule has 0 aliphatic heterocycles. The number of pyridine rings is 1. The summed E-state index contributed by atoms with van der Waals surface area (Å²) in [6.07, 6.45) is 1.93. The molecule has 10 rings (SSSR count). The van der Waals surface area contributed by atoms with Crippen LogP contribution < -0.4 is 0 Å². The summed E-state index contributed by atoms with van der Waals surface area (Å²) in [5.74, 6) is 0. The van der Waals surface area contributed by atoms with Crippen LogP contribution in [0.2, 0.25) is 0 Å². The molecule has 9 aromatic carbocycles. The van der Waals surface area contributed by atoms with Crippen molar-refractivity contribution in [3.05, 3.63) is 199 Å². The second-order valence-corrected chi connectivity index (χ2v) is 14.9. The van der Waals surface area contributed by atoms with E-state index < -0.39 is 0 Å². The van der Waals surface area contributed by atoms with Gasteiger partial charge in [0.15, 0.2) is 0 Å². The molecule has 1 heteroatoms. The minimum Gasteiger partial charge on any atom is -0.256 e. The molecule has 0 aliphatic rings. The third kappa shape index (κ3) is 5.59. The summed E-state index contributed by atoms with van der Waals surface area (Å²) in [7, 11) is 0. The van der Waals surface area contributed by atoms with Crippen LogP contribution in [0, 0.1) is 20.8 Å². The number of nitrogens with zero attached hydrogens (tertiary/aromatic N) is 1. The second kappa shape index (κ2) is 13.2. The summed E-state index contributed by atoms with van der Waals surface area (Å²) in [6, 6.07) is 64.6. The number of benzene rings is 9. The molecular formula is C54H39N. The highest BCUT2D eigenvalue weighted by molar-refractivity contribution is 6.24. The van der Waals surface area contributed by atoms with Gasteiger partial charge in [0.2, 0.25) is 0 Å². The molecular weight excluding hydrogens is 663 g/mol. The van der Waals surface area contributed by atoms with Crippen LogP contribution in [0.4, 0.5) is 0 Å². The number of hydrogen-bond acceptors (Lipinski definition) is 1. The third-order valence-corrected chi connectivity index (χ3v) is 11.4. The number of aryl methyl sites for hydroxylation is 3. The van der Waals surface area contributed by atoms with Gasteiger partial charge in [-0.1, -0.05) is 157 Å². The highest BCUT2D eigenvalue weighted by atomic mass is 14.7. The van der Waals surface area contributed by atoms with Crippen LogP contribution >= 0.6 is 0 Å². The predicted octanol–water partition coefficient (Wildman–Crippen LogP) is 15.0. The van der Waals surface area contributed by atoms with Crippen LogP contribution in [0.1, 0.15) is 16.7 Å². The van der Waals surface area contributed by atoms with Crippen molar-refractivity contribution in [1.82, 2.24) is 4.98 Å². The van der Waals surface area contributed by atoms with Gasteiger partial charge in [0, 0.05) is 11.8 Å². The second-order valence-electron chi connectivity index (χ2n) is 14.9. The molecule has 0 fully saturated rings. The van der Waals surface area contributed by atoms with E-state index in [9.17, 15) is 0 Å². The fourth-order valence-electron chi connectivity index (χ4n) is 9.05. The topological polar surface area (TPSA) is 12.9 Å². The van der Waals surface area contributed by atoms with Crippen LogP contribution in [0.25, 0.3) is 98.9 Å². The number of fused-ring (bicyclic) bond motifs is 4. The van der Waals surface area contributed by atoms with Crippen molar-refractivity contribution in [2.45, 2.75) is 20.8 Å². The van der Waals surface area contributed by atoms with Gasteiger partial charge in [-0.05, 0) is 144 Å². The SMILES string of the molecule is Cc1cc(C)c(-c2cccc3c(-c4c5ccccc5c(-c5cccc(-c6ccnc(-c7ccc8ccccc8c7)c6)c5)c5ccccc45)cccc23)c(C)c1. The van der Waals surface area contributed by atoms with Gasteiger partial charge in [-0.15, -0.1) is 0 Å². The van der Waals surface area contributed by atoms with E-state index in [2.05, 4.69) is 197 Å². The van der Waals surface area contributed by atoms with Gasteiger partial charge in [0.05, 0.1) is 5.69 Å².